The van der Waals surface area contributed by atoms with E-state index in [1.807, 2.05) is 48.5 Å². The van der Waals surface area contributed by atoms with E-state index in [1.54, 1.807) is 6.07 Å². The lowest BCUT2D eigenvalue weighted by Crippen LogP contribution is -2.37. The van der Waals surface area contributed by atoms with Crippen LogP contribution in [-0.2, 0) is 11.3 Å². The summed E-state index contributed by atoms with van der Waals surface area (Å²) in [6.07, 6.45) is 0. The van der Waals surface area contributed by atoms with E-state index >= 15 is 0 Å². The summed E-state index contributed by atoms with van der Waals surface area (Å²) in [5, 5.41) is 0.641. The van der Waals surface area contributed by atoms with Crippen molar-refractivity contribution >= 4 is 16.7 Å². The highest BCUT2D eigenvalue weighted by Crippen LogP contribution is 2.25. The largest absolute Gasteiger partial charge is 0.487 e. The van der Waals surface area contributed by atoms with Gasteiger partial charge in [-0.2, -0.15) is 0 Å². The van der Waals surface area contributed by atoms with Crippen molar-refractivity contribution in [3.05, 3.63) is 70.4 Å². The molecule has 2 heterocycles. The van der Waals surface area contributed by atoms with Crippen molar-refractivity contribution in [3.63, 3.8) is 0 Å². The third kappa shape index (κ3) is 3.37. The molecular weight excluding hydrogens is 316 g/mol. The van der Waals surface area contributed by atoms with Crippen LogP contribution in [0.15, 0.2) is 59.4 Å². The van der Waals surface area contributed by atoms with Crippen LogP contribution in [0.5, 0.6) is 5.75 Å². The molecule has 1 aliphatic rings. The van der Waals surface area contributed by atoms with Crippen molar-refractivity contribution in [2.24, 2.45) is 0 Å². The molecule has 0 spiro atoms. The molecule has 5 nitrogen and oxygen atoms in total. The maximum Gasteiger partial charge on any atom is 0.191 e. The Kier molecular flexibility index (Phi) is 4.39. The molecule has 25 heavy (non-hydrogen) atoms. The number of nitrogens with zero attached hydrogens (tertiary/aromatic N) is 1. The number of nitrogens with one attached hydrogen (secondary N) is 1. The number of aromatic amines is 1. The van der Waals surface area contributed by atoms with E-state index in [9.17, 15) is 4.79 Å². The fraction of sp³-hybridized carbons (Fsp3) is 0.250. The van der Waals surface area contributed by atoms with E-state index in [0.29, 0.717) is 31.0 Å². The number of aromatic nitrogens is 1. The zero-order chi connectivity index (χ0) is 17.1. The Morgan fingerprint density at radius 2 is 1.84 bits per heavy atom. The summed E-state index contributed by atoms with van der Waals surface area (Å²) in [6, 6.07) is 17.2. The number of para-hydroxylation sites is 1. The summed E-state index contributed by atoms with van der Waals surface area (Å²) in [6.45, 7) is 3.35. The van der Waals surface area contributed by atoms with Gasteiger partial charge in [-0.3, -0.25) is 4.79 Å². The highest BCUT2D eigenvalue weighted by Gasteiger charge is 2.15. The van der Waals surface area contributed by atoms with E-state index in [2.05, 4.69) is 9.88 Å². The highest BCUT2D eigenvalue weighted by molar-refractivity contribution is 5.85. The van der Waals surface area contributed by atoms with Gasteiger partial charge in [-0.1, -0.05) is 36.4 Å². The SMILES string of the molecule is O=c1cc(N2CCOCC2)[nH]c2c(OCc3ccccc3)cccc12. The second kappa shape index (κ2) is 6.99. The van der Waals surface area contributed by atoms with Crippen molar-refractivity contribution < 1.29 is 9.47 Å². The van der Waals surface area contributed by atoms with Gasteiger partial charge >= 0.3 is 0 Å². The quantitative estimate of drug-likeness (QED) is 0.796. The van der Waals surface area contributed by atoms with Gasteiger partial charge in [0.05, 0.1) is 18.7 Å². The van der Waals surface area contributed by atoms with Crippen LogP contribution in [0.4, 0.5) is 5.82 Å². The number of pyridine rings is 1. The first kappa shape index (κ1) is 15.7. The van der Waals surface area contributed by atoms with Gasteiger partial charge in [-0.05, 0) is 17.7 Å². The molecule has 128 valence electrons. The van der Waals surface area contributed by atoms with Gasteiger partial charge < -0.3 is 19.4 Å². The van der Waals surface area contributed by atoms with Gasteiger partial charge in [0.1, 0.15) is 18.2 Å². The highest BCUT2D eigenvalue weighted by atomic mass is 16.5. The molecule has 1 aliphatic heterocycles. The van der Waals surface area contributed by atoms with E-state index < -0.39 is 0 Å². The maximum absolute atomic E-state index is 12.5. The lowest BCUT2D eigenvalue weighted by molar-refractivity contribution is 0.122. The van der Waals surface area contributed by atoms with Crippen LogP contribution in [0.3, 0.4) is 0 Å². The molecule has 2 aromatic carbocycles. The summed E-state index contributed by atoms with van der Waals surface area (Å²) in [4.78, 5) is 18.1. The molecule has 1 saturated heterocycles. The number of ether oxygens (including phenoxy) is 2. The third-order valence-corrected chi connectivity index (χ3v) is 4.40. The van der Waals surface area contributed by atoms with Crippen molar-refractivity contribution in [1.29, 1.82) is 0 Å². The van der Waals surface area contributed by atoms with Gasteiger partial charge in [0.2, 0.25) is 0 Å². The Morgan fingerprint density at radius 1 is 1.04 bits per heavy atom. The van der Waals surface area contributed by atoms with Crippen molar-refractivity contribution in [2.45, 2.75) is 6.61 Å². The molecule has 0 saturated carbocycles. The van der Waals surface area contributed by atoms with Gasteiger partial charge in [0.15, 0.2) is 5.43 Å². The summed E-state index contributed by atoms with van der Waals surface area (Å²) in [7, 11) is 0. The molecule has 0 atom stereocenters. The first-order chi connectivity index (χ1) is 12.3. The Hall–Kier alpha value is -2.79. The number of anilines is 1. The van der Waals surface area contributed by atoms with Crippen molar-refractivity contribution in [2.75, 3.05) is 31.2 Å². The van der Waals surface area contributed by atoms with E-state index in [4.69, 9.17) is 9.47 Å². The molecular formula is C20H20N2O3. The molecule has 0 unspecified atom stereocenters. The number of fused-ring (bicyclic) bond motifs is 1. The summed E-state index contributed by atoms with van der Waals surface area (Å²) >= 11 is 0. The fourth-order valence-corrected chi connectivity index (χ4v) is 3.06. The number of rotatable bonds is 4. The standard InChI is InChI=1S/C20H20N2O3/c23-17-13-19(22-9-11-24-12-10-22)21-20-16(17)7-4-8-18(20)25-14-15-5-2-1-3-6-15/h1-8,13H,9-12,14H2,(H,21,23). The molecule has 1 N–H and O–H groups in total. The predicted octanol–water partition coefficient (Wildman–Crippen LogP) is 2.94. The van der Waals surface area contributed by atoms with Crippen LogP contribution >= 0.6 is 0 Å². The Balaban J connectivity index is 1.68. The van der Waals surface area contributed by atoms with Crippen LogP contribution in [-0.4, -0.2) is 31.3 Å². The molecule has 4 rings (SSSR count). The number of hydrogen-bond acceptors (Lipinski definition) is 4. The molecule has 0 aliphatic carbocycles. The van der Waals surface area contributed by atoms with Crippen LogP contribution in [0.1, 0.15) is 5.56 Å². The molecule has 0 bridgehead atoms. The lowest BCUT2D eigenvalue weighted by Gasteiger charge is -2.28. The Morgan fingerprint density at radius 3 is 2.64 bits per heavy atom. The van der Waals surface area contributed by atoms with E-state index in [0.717, 1.165) is 30.0 Å². The monoisotopic (exact) mass is 336 g/mol. The molecule has 1 aromatic heterocycles. The van der Waals surface area contributed by atoms with Crippen LogP contribution < -0.4 is 15.1 Å². The lowest BCUT2D eigenvalue weighted by atomic mass is 10.2. The Bertz CT molecular complexity index is 915. The maximum atomic E-state index is 12.5. The predicted molar refractivity (Wildman–Crippen MR) is 98.4 cm³/mol. The number of H-pyrrole nitrogens is 1. The van der Waals surface area contributed by atoms with Crippen LogP contribution in [0.25, 0.3) is 10.9 Å². The average molecular weight is 336 g/mol. The molecule has 3 aromatic rings. The molecule has 1 fully saturated rings. The van der Waals surface area contributed by atoms with Gasteiger partial charge in [0, 0.05) is 24.5 Å². The Labute approximate surface area is 145 Å². The second-order valence-electron chi connectivity index (χ2n) is 6.07. The minimum Gasteiger partial charge on any atom is -0.487 e. The zero-order valence-corrected chi connectivity index (χ0v) is 13.9. The van der Waals surface area contributed by atoms with Crippen molar-refractivity contribution in [1.82, 2.24) is 4.98 Å². The first-order valence-electron chi connectivity index (χ1n) is 8.47. The fourth-order valence-electron chi connectivity index (χ4n) is 3.06. The first-order valence-corrected chi connectivity index (χ1v) is 8.47. The topological polar surface area (TPSA) is 54.6 Å². The van der Waals surface area contributed by atoms with Gasteiger partial charge in [-0.15, -0.1) is 0 Å². The minimum absolute atomic E-state index is 0.000373. The minimum atomic E-state index is 0.000373. The molecule has 0 radical (unpaired) electrons. The molecule has 0 amide bonds. The number of morpholine rings is 1. The number of benzene rings is 2. The summed E-state index contributed by atoms with van der Waals surface area (Å²) in [5.74, 6) is 1.50. The molecule has 5 heteroatoms. The number of hydrogen-bond donors (Lipinski definition) is 1. The van der Waals surface area contributed by atoms with E-state index in [-0.39, 0.29) is 5.43 Å². The van der Waals surface area contributed by atoms with Crippen molar-refractivity contribution in [3.8, 4) is 5.75 Å². The van der Waals surface area contributed by atoms with Crippen LogP contribution in [0, 0.1) is 0 Å². The van der Waals surface area contributed by atoms with Gasteiger partial charge in [-0.25, -0.2) is 0 Å². The second-order valence-corrected chi connectivity index (χ2v) is 6.07. The van der Waals surface area contributed by atoms with Gasteiger partial charge in [0.25, 0.3) is 0 Å². The normalized spacial score (nSPS) is 14.6. The van der Waals surface area contributed by atoms with Crippen LogP contribution in [0.2, 0.25) is 0 Å². The average Bonchev–Trinajstić information content (AvgIpc) is 2.68. The smallest absolute Gasteiger partial charge is 0.191 e. The van der Waals surface area contributed by atoms with E-state index in [1.165, 1.54) is 0 Å². The zero-order valence-electron chi connectivity index (χ0n) is 13.9. The third-order valence-electron chi connectivity index (χ3n) is 4.40. The summed E-state index contributed by atoms with van der Waals surface area (Å²) in [5.41, 5.74) is 1.83. The summed E-state index contributed by atoms with van der Waals surface area (Å²) < 4.78 is 11.4.